The molecule has 5 N–H and O–H groups in total. The number of anilines is 1. The van der Waals surface area contributed by atoms with E-state index in [0.29, 0.717) is 31.3 Å². The molecule has 0 fully saturated rings. The Kier molecular flexibility index (Phi) is 25.6. The van der Waals surface area contributed by atoms with E-state index in [4.69, 9.17) is 60.7 Å². The van der Waals surface area contributed by atoms with Gasteiger partial charge in [0.2, 0.25) is 0 Å². The maximum Gasteiger partial charge on any atom is 0.407 e. The monoisotopic (exact) mass is 1310 g/mol. The van der Waals surface area contributed by atoms with Gasteiger partial charge in [0.25, 0.3) is 0 Å². The molecule has 0 aliphatic rings. The first-order valence-electron chi connectivity index (χ1n) is 29.1. The normalized spacial score (nSPS) is 11.4. The highest BCUT2D eigenvalue weighted by atomic mass is 79.9. The standard InChI is InChI=1S/C32H42BrN5O4.C23H30BrClN4O2.C9H13NO2/c1-7-8-11-27-37-28-29(38(27)17-10-9-16-34-31(39)42-32(2,3)4)24-18-22(33)13-15-25(24)36-30(28)35-20-21-12-14-23(40-5)19-26(21)41-6;1-5-6-9-18-28-19-20(16-14-15(24)10-11-17(16)27-21(19)25)29(18)13-8-7-12-26-22(30)31-23(2,3)4;1-11-8-4-3-7(6-10)9(5-8)12-2/h12-15,18-19H,7-11,16-17,20H2,1-6H3,(H,34,39)(H,35,36);10-11,14H,5-9,12-13H2,1-4H3,(H,26,30);3-5H,6,10H2,1-2H3. The lowest BCUT2D eigenvalue weighted by Gasteiger charge is -2.19. The summed E-state index contributed by atoms with van der Waals surface area (Å²) in [4.78, 5) is 43.5. The Morgan fingerprint density at radius 2 is 1.04 bits per heavy atom. The Morgan fingerprint density at radius 1 is 0.576 bits per heavy atom. The number of nitrogens with one attached hydrogen (secondary N) is 3. The maximum atomic E-state index is 12.1. The van der Waals surface area contributed by atoms with Crippen molar-refractivity contribution < 1.29 is 38.0 Å². The van der Waals surface area contributed by atoms with Gasteiger partial charge in [0.15, 0.2) is 11.0 Å². The fourth-order valence-corrected chi connectivity index (χ4v) is 10.4. The Balaban J connectivity index is 0.000000234. The minimum atomic E-state index is -0.512. The summed E-state index contributed by atoms with van der Waals surface area (Å²) in [6.45, 7) is 19.2. The number of fused-ring (bicyclic) bond motifs is 6. The number of amides is 2. The van der Waals surface area contributed by atoms with Crippen molar-refractivity contribution in [3.8, 4) is 23.0 Å². The molecule has 85 heavy (non-hydrogen) atoms. The molecule has 18 nitrogen and oxygen atoms in total. The summed E-state index contributed by atoms with van der Waals surface area (Å²) in [7, 11) is 6.54. The summed E-state index contributed by atoms with van der Waals surface area (Å²) in [6, 6.07) is 23.6. The first-order chi connectivity index (χ1) is 40.6. The summed E-state index contributed by atoms with van der Waals surface area (Å²) >= 11 is 13.7. The van der Waals surface area contributed by atoms with Crippen LogP contribution >= 0.6 is 43.5 Å². The zero-order valence-corrected chi connectivity index (χ0v) is 55.3. The van der Waals surface area contributed by atoms with E-state index in [2.05, 4.69) is 87.9 Å². The number of ether oxygens (including phenoxy) is 6. The second-order valence-corrected chi connectivity index (χ2v) is 24.5. The molecule has 0 bridgehead atoms. The molecule has 8 rings (SSSR count). The van der Waals surface area contributed by atoms with Gasteiger partial charge in [-0.3, -0.25) is 0 Å². The van der Waals surface area contributed by atoms with Crippen molar-refractivity contribution >= 4 is 105 Å². The number of imidazole rings is 2. The fraction of sp³-hybridized carbons (Fsp3) is 0.469. The van der Waals surface area contributed by atoms with Gasteiger partial charge in [0.1, 0.15) is 56.9 Å². The number of carbonyl (C=O) groups is 2. The number of carbonyl (C=O) groups excluding carboxylic acids is 2. The summed E-state index contributed by atoms with van der Waals surface area (Å²) in [5.41, 5.74) is 11.9. The van der Waals surface area contributed by atoms with Crippen molar-refractivity contribution in [1.82, 2.24) is 39.7 Å². The molecule has 0 radical (unpaired) electrons. The van der Waals surface area contributed by atoms with E-state index in [0.717, 1.165) is 182 Å². The molecule has 0 spiro atoms. The molecule has 0 saturated carbocycles. The average Bonchev–Trinajstić information content (AvgIpc) is 2.05. The number of methoxy groups -OCH3 is 4. The summed E-state index contributed by atoms with van der Waals surface area (Å²) < 4.78 is 38.4. The molecule has 0 unspecified atom stereocenters. The molecule has 4 aromatic carbocycles. The third-order valence-electron chi connectivity index (χ3n) is 13.5. The SMILES string of the molecule is CCCCc1nc2c(Cl)nc3ccc(Br)cc3c2n1CCCCNC(=O)OC(C)(C)C.CCCCc1nc2c(NCc3ccc(OC)cc3OC)nc3ccc(Br)cc3c2n1CCCCNC(=O)OC(C)(C)C.COc1ccc(CN)c(OC)c1. The van der Waals surface area contributed by atoms with Gasteiger partial charge >= 0.3 is 12.2 Å². The third-order valence-corrected chi connectivity index (χ3v) is 14.8. The predicted octanol–water partition coefficient (Wildman–Crippen LogP) is 15.4. The van der Waals surface area contributed by atoms with Crippen molar-refractivity contribution in [2.24, 2.45) is 5.73 Å². The fourth-order valence-electron chi connectivity index (χ4n) is 9.43. The highest BCUT2D eigenvalue weighted by molar-refractivity contribution is 9.10. The van der Waals surface area contributed by atoms with Crippen LogP contribution in [-0.4, -0.2) is 94.0 Å². The second-order valence-electron chi connectivity index (χ2n) is 22.3. The molecule has 460 valence electrons. The first-order valence-corrected chi connectivity index (χ1v) is 31.0. The molecular weight excluding hydrogens is 1230 g/mol. The average molecular weight is 1320 g/mol. The maximum absolute atomic E-state index is 12.1. The lowest BCUT2D eigenvalue weighted by atomic mass is 10.1. The van der Waals surface area contributed by atoms with E-state index >= 15 is 0 Å². The van der Waals surface area contributed by atoms with Gasteiger partial charge in [-0.2, -0.15) is 0 Å². The van der Waals surface area contributed by atoms with Gasteiger partial charge in [-0.1, -0.05) is 76.2 Å². The van der Waals surface area contributed by atoms with E-state index in [1.807, 2.05) is 102 Å². The quantitative estimate of drug-likeness (QED) is 0.0327. The molecule has 2 amide bonds. The lowest BCUT2D eigenvalue weighted by Crippen LogP contribution is -2.33. The van der Waals surface area contributed by atoms with E-state index in [1.165, 1.54) is 0 Å². The molecule has 21 heteroatoms. The zero-order valence-electron chi connectivity index (χ0n) is 51.4. The van der Waals surface area contributed by atoms with E-state index in [9.17, 15) is 9.59 Å². The zero-order chi connectivity index (χ0) is 61.8. The number of hydrogen-bond acceptors (Lipinski definition) is 14. The van der Waals surface area contributed by atoms with Crippen LogP contribution in [0.5, 0.6) is 23.0 Å². The number of nitrogens with zero attached hydrogens (tertiary/aromatic N) is 6. The van der Waals surface area contributed by atoms with Gasteiger partial charge in [0.05, 0.1) is 50.5 Å². The number of benzene rings is 4. The molecule has 0 aliphatic carbocycles. The number of aryl methyl sites for hydroxylation is 4. The first kappa shape index (κ1) is 67.5. The smallest absolute Gasteiger partial charge is 0.407 e. The van der Waals surface area contributed by atoms with Crippen molar-refractivity contribution in [3.63, 3.8) is 0 Å². The largest absolute Gasteiger partial charge is 0.497 e. The molecule has 8 aromatic rings. The van der Waals surface area contributed by atoms with Crippen LogP contribution in [0, 0.1) is 0 Å². The van der Waals surface area contributed by atoms with Gasteiger partial charge in [0, 0.05) is 95.1 Å². The number of aromatic nitrogens is 6. The molecular formula is C64H85Br2ClN10O8. The van der Waals surface area contributed by atoms with Gasteiger partial charge < -0.3 is 59.2 Å². The van der Waals surface area contributed by atoms with Crippen molar-refractivity contribution in [1.29, 1.82) is 0 Å². The minimum Gasteiger partial charge on any atom is -0.497 e. The van der Waals surface area contributed by atoms with Crippen molar-refractivity contribution in [2.45, 2.75) is 157 Å². The van der Waals surface area contributed by atoms with Crippen LogP contribution in [0.1, 0.15) is 130 Å². The predicted molar refractivity (Wildman–Crippen MR) is 349 cm³/mol. The number of rotatable bonds is 24. The number of hydrogen-bond donors (Lipinski definition) is 4. The summed E-state index contributed by atoms with van der Waals surface area (Å²) in [5.74, 6) is 5.87. The third kappa shape index (κ3) is 19.4. The van der Waals surface area contributed by atoms with Crippen LogP contribution in [0.25, 0.3) is 43.9 Å². The highest BCUT2D eigenvalue weighted by Gasteiger charge is 2.22. The minimum absolute atomic E-state index is 0.377. The molecule has 0 saturated heterocycles. The number of unbranched alkanes of at least 4 members (excludes halogenated alkanes) is 4. The van der Waals surface area contributed by atoms with Gasteiger partial charge in [-0.25, -0.2) is 29.5 Å². The van der Waals surface area contributed by atoms with E-state index in [1.54, 1.807) is 28.4 Å². The Labute approximate surface area is 522 Å². The van der Waals surface area contributed by atoms with E-state index in [-0.39, 0.29) is 12.2 Å². The van der Waals surface area contributed by atoms with Crippen LogP contribution in [0.15, 0.2) is 81.7 Å². The number of nitrogens with two attached hydrogens (primary N) is 1. The molecule has 0 atom stereocenters. The summed E-state index contributed by atoms with van der Waals surface area (Å²) in [5, 5.41) is 11.8. The number of halogens is 3. The molecule has 0 aliphatic heterocycles. The molecule has 4 aromatic heterocycles. The van der Waals surface area contributed by atoms with Crippen LogP contribution < -0.4 is 40.6 Å². The topological polar surface area (TPSA) is 213 Å². The van der Waals surface area contributed by atoms with Crippen LogP contribution in [-0.2, 0) is 48.5 Å². The van der Waals surface area contributed by atoms with Crippen LogP contribution in [0.2, 0.25) is 5.15 Å². The number of alkyl carbamates (subject to hydrolysis) is 2. The summed E-state index contributed by atoms with van der Waals surface area (Å²) in [6.07, 6.45) is 8.74. The van der Waals surface area contributed by atoms with E-state index < -0.39 is 11.2 Å². The molecule has 4 heterocycles. The lowest BCUT2D eigenvalue weighted by molar-refractivity contribution is 0.0515. The number of pyridine rings is 2. The Bertz CT molecular complexity index is 3510. The van der Waals surface area contributed by atoms with Crippen molar-refractivity contribution in [3.05, 3.63) is 110 Å². The van der Waals surface area contributed by atoms with Crippen molar-refractivity contribution in [2.75, 3.05) is 46.8 Å². The van der Waals surface area contributed by atoms with Crippen LogP contribution in [0.4, 0.5) is 15.4 Å². The highest BCUT2D eigenvalue weighted by Crippen LogP contribution is 2.36. The Morgan fingerprint density at radius 3 is 1.49 bits per heavy atom. The second kappa shape index (κ2) is 32.2. The Hall–Kier alpha value is -6.61. The van der Waals surface area contributed by atoms with Gasteiger partial charge in [-0.15, -0.1) is 0 Å². The van der Waals surface area contributed by atoms with Crippen LogP contribution in [0.3, 0.4) is 0 Å². The van der Waals surface area contributed by atoms with Gasteiger partial charge in [-0.05, 0) is 135 Å².